The molecule has 106 valence electrons. The van der Waals surface area contributed by atoms with E-state index in [4.69, 9.17) is 5.73 Å². The summed E-state index contributed by atoms with van der Waals surface area (Å²) in [5.41, 5.74) is 5.95. The molecular weight excluding hydrogens is 263 g/mol. The summed E-state index contributed by atoms with van der Waals surface area (Å²) in [4.78, 5) is 13.0. The molecular formula is C12H15FN6O. The van der Waals surface area contributed by atoms with Gasteiger partial charge in [0.2, 0.25) is 5.91 Å². The fourth-order valence-electron chi connectivity index (χ4n) is 2.50. The second-order valence-corrected chi connectivity index (χ2v) is 4.83. The van der Waals surface area contributed by atoms with E-state index in [0.29, 0.717) is 23.7 Å². The third-order valence-corrected chi connectivity index (χ3v) is 3.50. The Morgan fingerprint density at radius 3 is 3.00 bits per heavy atom. The molecule has 2 aromatic rings. The quantitative estimate of drug-likeness (QED) is 0.859. The fraction of sp³-hybridized carbons (Fsp3) is 0.500. The van der Waals surface area contributed by atoms with Crippen molar-refractivity contribution in [2.24, 2.45) is 5.73 Å². The van der Waals surface area contributed by atoms with Crippen LogP contribution >= 0.6 is 0 Å². The molecule has 1 saturated heterocycles. The van der Waals surface area contributed by atoms with Gasteiger partial charge >= 0.3 is 0 Å². The molecule has 0 spiro atoms. The van der Waals surface area contributed by atoms with Gasteiger partial charge in [-0.1, -0.05) is 6.92 Å². The van der Waals surface area contributed by atoms with Gasteiger partial charge in [0.05, 0.1) is 6.54 Å². The summed E-state index contributed by atoms with van der Waals surface area (Å²) in [6, 6.07) is 2.80. The van der Waals surface area contributed by atoms with Crippen molar-refractivity contribution in [3.8, 4) is 0 Å². The molecule has 2 N–H and O–H groups in total. The van der Waals surface area contributed by atoms with Gasteiger partial charge in [-0.25, -0.2) is 4.39 Å². The molecule has 1 amide bonds. The number of carbonyl (C=O) groups excluding carboxylic acids is 1. The Morgan fingerprint density at radius 2 is 2.30 bits per heavy atom. The number of aryl methyl sites for hydroxylation is 1. The molecule has 2 aromatic heterocycles. The molecule has 0 aliphatic carbocycles. The molecule has 0 radical (unpaired) electrons. The Balaban J connectivity index is 2.02. The first-order valence-electron chi connectivity index (χ1n) is 6.51. The van der Waals surface area contributed by atoms with Crippen LogP contribution in [0.4, 0.5) is 10.2 Å². The minimum absolute atomic E-state index is 0.109. The molecule has 8 heteroatoms. The maximum atomic E-state index is 13.6. The van der Waals surface area contributed by atoms with Crippen LogP contribution < -0.4 is 10.6 Å². The van der Waals surface area contributed by atoms with Crippen molar-refractivity contribution in [2.45, 2.75) is 32.0 Å². The molecule has 0 unspecified atom stereocenters. The van der Waals surface area contributed by atoms with Gasteiger partial charge < -0.3 is 10.6 Å². The van der Waals surface area contributed by atoms with Crippen molar-refractivity contribution in [3.63, 3.8) is 0 Å². The van der Waals surface area contributed by atoms with Crippen molar-refractivity contribution in [1.29, 1.82) is 0 Å². The predicted molar refractivity (Wildman–Crippen MR) is 70.0 cm³/mol. The third kappa shape index (κ3) is 1.97. The molecule has 0 aromatic carbocycles. The van der Waals surface area contributed by atoms with Crippen LogP contribution in [0.1, 0.15) is 19.2 Å². The average molecular weight is 278 g/mol. The maximum absolute atomic E-state index is 13.6. The van der Waals surface area contributed by atoms with Crippen LogP contribution in [0, 0.1) is 0 Å². The smallest absolute Gasteiger partial charge is 0.240 e. The summed E-state index contributed by atoms with van der Waals surface area (Å²) >= 11 is 0. The molecule has 0 saturated carbocycles. The Kier molecular flexibility index (Phi) is 3.00. The number of alkyl halides is 1. The largest absolute Gasteiger partial charge is 0.368 e. The number of amides is 1. The number of halogens is 1. The number of anilines is 1. The number of primary amides is 1. The van der Waals surface area contributed by atoms with E-state index in [9.17, 15) is 9.18 Å². The zero-order valence-corrected chi connectivity index (χ0v) is 11.0. The van der Waals surface area contributed by atoms with Crippen LogP contribution in [0.5, 0.6) is 0 Å². The number of aromatic nitrogens is 4. The number of rotatable bonds is 3. The first-order chi connectivity index (χ1) is 9.60. The summed E-state index contributed by atoms with van der Waals surface area (Å²) in [6.45, 7) is 2.07. The fourth-order valence-corrected chi connectivity index (χ4v) is 2.50. The predicted octanol–water partition coefficient (Wildman–Crippen LogP) is 0.0888. The Morgan fingerprint density at radius 1 is 1.50 bits per heavy atom. The Bertz CT molecular complexity index is 656. The highest BCUT2D eigenvalue weighted by Gasteiger charge is 2.36. The molecule has 2 atom stereocenters. The van der Waals surface area contributed by atoms with Crippen LogP contribution in [0.2, 0.25) is 0 Å². The molecule has 1 fully saturated rings. The minimum Gasteiger partial charge on any atom is -0.368 e. The molecule has 7 nitrogen and oxygen atoms in total. The highest BCUT2D eigenvalue weighted by molar-refractivity contribution is 5.84. The van der Waals surface area contributed by atoms with E-state index in [1.165, 1.54) is 0 Å². The molecule has 0 bridgehead atoms. The van der Waals surface area contributed by atoms with E-state index >= 15 is 0 Å². The van der Waals surface area contributed by atoms with E-state index in [-0.39, 0.29) is 13.0 Å². The Labute approximate surface area is 114 Å². The first kappa shape index (κ1) is 12.8. The van der Waals surface area contributed by atoms with Crippen molar-refractivity contribution < 1.29 is 9.18 Å². The number of hydrogen-bond acceptors (Lipinski definition) is 5. The molecule has 1 aliphatic heterocycles. The standard InChI is InChI=1S/C12H15FN6O/c1-2-9-15-16-10-3-4-11(17-19(9)10)18-6-7(13)5-8(18)12(14)20/h3-4,7-8H,2,5-6H2,1H3,(H2,14,20)/t7-,8+/m1/s1. The first-order valence-corrected chi connectivity index (χ1v) is 6.51. The summed E-state index contributed by atoms with van der Waals surface area (Å²) in [5, 5.41) is 12.4. The number of hydrogen-bond donors (Lipinski definition) is 1. The molecule has 3 rings (SSSR count). The average Bonchev–Trinajstić information content (AvgIpc) is 3.01. The summed E-state index contributed by atoms with van der Waals surface area (Å²) in [7, 11) is 0. The van der Waals surface area contributed by atoms with Crippen LogP contribution in [-0.4, -0.2) is 44.5 Å². The van der Waals surface area contributed by atoms with Gasteiger partial charge in [-0.05, 0) is 12.1 Å². The molecule has 3 heterocycles. The number of carbonyl (C=O) groups is 1. The maximum Gasteiger partial charge on any atom is 0.240 e. The van der Waals surface area contributed by atoms with Gasteiger partial charge in [-0.3, -0.25) is 4.79 Å². The van der Waals surface area contributed by atoms with Crippen molar-refractivity contribution in [1.82, 2.24) is 19.8 Å². The van der Waals surface area contributed by atoms with E-state index in [1.807, 2.05) is 6.92 Å². The van der Waals surface area contributed by atoms with Gasteiger partial charge in [-0.2, -0.15) is 4.52 Å². The number of nitrogens with zero attached hydrogens (tertiary/aromatic N) is 5. The van der Waals surface area contributed by atoms with E-state index in [1.54, 1.807) is 21.5 Å². The summed E-state index contributed by atoms with van der Waals surface area (Å²) in [5.74, 6) is 0.691. The van der Waals surface area contributed by atoms with E-state index < -0.39 is 18.1 Å². The second-order valence-electron chi connectivity index (χ2n) is 4.83. The molecule has 1 aliphatic rings. The van der Waals surface area contributed by atoms with Gasteiger partial charge in [0.25, 0.3) is 0 Å². The Hall–Kier alpha value is -2.25. The summed E-state index contributed by atoms with van der Waals surface area (Å²) in [6.07, 6.45) is -0.281. The third-order valence-electron chi connectivity index (χ3n) is 3.50. The number of fused-ring (bicyclic) bond motifs is 1. The van der Waals surface area contributed by atoms with Crippen LogP contribution in [-0.2, 0) is 11.2 Å². The minimum atomic E-state index is -1.07. The lowest BCUT2D eigenvalue weighted by Gasteiger charge is -2.22. The highest BCUT2D eigenvalue weighted by Crippen LogP contribution is 2.25. The normalized spacial score (nSPS) is 22.6. The highest BCUT2D eigenvalue weighted by atomic mass is 19.1. The van der Waals surface area contributed by atoms with E-state index in [0.717, 1.165) is 0 Å². The van der Waals surface area contributed by atoms with Crippen LogP contribution in [0.15, 0.2) is 12.1 Å². The van der Waals surface area contributed by atoms with Crippen LogP contribution in [0.3, 0.4) is 0 Å². The monoisotopic (exact) mass is 278 g/mol. The lowest BCUT2D eigenvalue weighted by molar-refractivity contribution is -0.119. The van der Waals surface area contributed by atoms with Crippen molar-refractivity contribution in [3.05, 3.63) is 18.0 Å². The van der Waals surface area contributed by atoms with Gasteiger partial charge in [0.1, 0.15) is 12.2 Å². The molecule has 20 heavy (non-hydrogen) atoms. The van der Waals surface area contributed by atoms with Crippen molar-refractivity contribution in [2.75, 3.05) is 11.4 Å². The van der Waals surface area contributed by atoms with Gasteiger partial charge in [0, 0.05) is 12.8 Å². The lowest BCUT2D eigenvalue weighted by atomic mass is 10.2. The number of nitrogens with two attached hydrogens (primary N) is 1. The second kappa shape index (κ2) is 4.69. The van der Waals surface area contributed by atoms with Crippen LogP contribution in [0.25, 0.3) is 5.65 Å². The lowest BCUT2D eigenvalue weighted by Crippen LogP contribution is -2.40. The topological polar surface area (TPSA) is 89.4 Å². The zero-order valence-electron chi connectivity index (χ0n) is 11.0. The SMILES string of the molecule is CCc1nnc2ccc(N3C[C@H](F)C[C@H]3C(N)=O)nn12. The van der Waals surface area contributed by atoms with Gasteiger partial charge in [0.15, 0.2) is 17.3 Å². The van der Waals surface area contributed by atoms with E-state index in [2.05, 4.69) is 15.3 Å². The van der Waals surface area contributed by atoms with Crippen molar-refractivity contribution >= 4 is 17.4 Å². The van der Waals surface area contributed by atoms with Gasteiger partial charge in [-0.15, -0.1) is 15.3 Å². The zero-order chi connectivity index (χ0) is 14.3. The summed E-state index contributed by atoms with van der Waals surface area (Å²) < 4.78 is 15.2.